The second-order valence-electron chi connectivity index (χ2n) is 2.78. The van der Waals surface area contributed by atoms with Crippen LogP contribution in [0.4, 0.5) is 0 Å². The predicted molar refractivity (Wildman–Crippen MR) is 79.2 cm³/mol. The minimum Gasteiger partial charge on any atom is -0.481 e. The molecule has 0 heterocycles. The van der Waals surface area contributed by atoms with Crippen molar-refractivity contribution in [1.82, 2.24) is 12.3 Å². The normalized spacial score (nSPS) is 5.62. The average molecular weight is 318 g/mol. The Balaban J connectivity index is -0.0000000229. The van der Waals surface area contributed by atoms with E-state index in [1.165, 1.54) is 6.42 Å². The van der Waals surface area contributed by atoms with E-state index in [4.69, 9.17) is 39.6 Å². The first-order valence-electron chi connectivity index (χ1n) is 5.13. The zero-order chi connectivity index (χ0) is 17.0. The third-order valence-electron chi connectivity index (χ3n) is 0. The predicted octanol–water partition coefficient (Wildman–Crippen LogP) is 2.10. The second-order valence-corrected chi connectivity index (χ2v) is 2.78. The Bertz CT molecular complexity index is 180. The number of hydrogen-bond acceptors (Lipinski definition) is 6. The molecule has 0 saturated heterocycles. The summed E-state index contributed by atoms with van der Waals surface area (Å²) in [4.78, 5) is 36.0. The van der Waals surface area contributed by atoms with Crippen molar-refractivity contribution in [2.75, 3.05) is 0 Å². The van der Waals surface area contributed by atoms with Crippen LogP contribution in [0.2, 0.25) is 0 Å². The van der Waals surface area contributed by atoms with Gasteiger partial charge in [-0.15, -0.1) is 0 Å². The highest BCUT2D eigenvalue weighted by Crippen LogP contribution is 1.56. The molecular weight excluding hydrogens is 288 g/mol. The fourth-order valence-corrected chi connectivity index (χ4v) is 0. The van der Waals surface area contributed by atoms with Crippen molar-refractivity contribution in [1.29, 1.82) is 0 Å². The fourth-order valence-electron chi connectivity index (χ4n) is 0. The van der Waals surface area contributed by atoms with Gasteiger partial charge in [0.05, 0.1) is 0 Å². The summed E-state index contributed by atoms with van der Waals surface area (Å²) in [5.74, 6) is -3.33. The van der Waals surface area contributed by atoms with Gasteiger partial charge in [-0.2, -0.15) is 0 Å². The summed E-state index contributed by atoms with van der Waals surface area (Å²) in [6.45, 7) is 8.58. The van der Waals surface area contributed by atoms with E-state index >= 15 is 0 Å². The summed E-state index contributed by atoms with van der Waals surface area (Å²) in [6.07, 6.45) is 1.25. The maximum atomic E-state index is 9.00. The van der Waals surface area contributed by atoms with Gasteiger partial charge in [0.2, 0.25) is 0 Å². The Labute approximate surface area is 125 Å². The molecule has 0 bridgehead atoms. The third kappa shape index (κ3) is 918. The molecule has 0 aromatic heterocycles. The van der Waals surface area contributed by atoms with E-state index in [2.05, 4.69) is 13.8 Å². The van der Waals surface area contributed by atoms with Gasteiger partial charge in [-0.3, -0.25) is 19.2 Å². The van der Waals surface area contributed by atoms with Crippen LogP contribution >= 0.6 is 0 Å². The first-order chi connectivity index (χ1) is 8.34. The van der Waals surface area contributed by atoms with Crippen molar-refractivity contribution < 1.29 is 39.6 Å². The number of aliphatic carboxylic acids is 4. The second kappa shape index (κ2) is 43.1. The van der Waals surface area contributed by atoms with Crippen LogP contribution in [0.25, 0.3) is 0 Å². The Kier molecular flexibility index (Phi) is 87.7. The maximum Gasteiger partial charge on any atom is 0.300 e. The quantitative estimate of drug-likeness (QED) is 0.381. The van der Waals surface area contributed by atoms with Crippen LogP contribution in [0, 0.1) is 0 Å². The van der Waals surface area contributed by atoms with Crippen LogP contribution in [0.5, 0.6) is 0 Å². The average Bonchev–Trinajstić information content (AvgIpc) is 1.97. The lowest BCUT2D eigenvalue weighted by atomic mass is 10.6. The minimum atomic E-state index is -0.833. The van der Waals surface area contributed by atoms with Crippen LogP contribution in [-0.4, -0.2) is 44.3 Å². The lowest BCUT2D eigenvalue weighted by Gasteiger charge is -1.59. The molecule has 0 amide bonds. The molecule has 0 aromatic rings. The van der Waals surface area contributed by atoms with Gasteiger partial charge in [-0.05, 0) is 0 Å². The number of carboxylic acid groups (broad SMARTS) is 4. The summed E-state index contributed by atoms with van der Waals surface area (Å²) >= 11 is 0. The van der Waals surface area contributed by atoms with E-state index in [0.29, 0.717) is 0 Å². The summed E-state index contributed by atoms with van der Waals surface area (Å²) in [7, 11) is 0. The molecule has 0 radical (unpaired) electrons. The highest BCUT2D eigenvalue weighted by atomic mass is 16.4. The van der Waals surface area contributed by atoms with Crippen LogP contribution in [-0.2, 0) is 19.2 Å². The maximum absolute atomic E-state index is 9.00. The Morgan fingerprint density at radius 3 is 0.571 bits per heavy atom. The molecule has 0 saturated carbocycles. The number of hydrogen-bond donors (Lipinski definition) is 6. The van der Waals surface area contributed by atoms with Crippen molar-refractivity contribution in [3.63, 3.8) is 0 Å². The Hall–Kier alpha value is -2.20. The molecule has 0 unspecified atom stereocenters. The SMILES string of the molecule is CC(=O)O.CC(=O)O.CC(=O)O.CC(=O)O.CCC.N.N. The zero-order valence-corrected chi connectivity index (χ0v) is 13.5. The molecule has 0 aliphatic carbocycles. The first-order valence-corrected chi connectivity index (χ1v) is 5.13. The summed E-state index contributed by atoms with van der Waals surface area (Å²) in [5, 5.41) is 29.7. The third-order valence-corrected chi connectivity index (χ3v) is 0. The van der Waals surface area contributed by atoms with Crippen molar-refractivity contribution in [3.8, 4) is 0 Å². The van der Waals surface area contributed by atoms with Gasteiger partial charge in [-0.1, -0.05) is 20.3 Å². The highest BCUT2D eigenvalue weighted by molar-refractivity contribution is 5.63. The molecule has 10 nitrogen and oxygen atoms in total. The molecule has 0 spiro atoms. The monoisotopic (exact) mass is 318 g/mol. The molecule has 0 aliphatic heterocycles. The summed E-state index contributed by atoms with van der Waals surface area (Å²) in [5.41, 5.74) is 0. The van der Waals surface area contributed by atoms with E-state index in [9.17, 15) is 0 Å². The molecule has 0 aliphatic rings. The molecule has 132 valence electrons. The molecule has 0 atom stereocenters. The molecule has 0 rings (SSSR count). The first kappa shape index (κ1) is 42.8. The fraction of sp³-hybridized carbons (Fsp3) is 0.636. The van der Waals surface area contributed by atoms with E-state index in [0.717, 1.165) is 27.7 Å². The highest BCUT2D eigenvalue weighted by Gasteiger charge is 1.66. The van der Waals surface area contributed by atoms with Gasteiger partial charge < -0.3 is 32.7 Å². The van der Waals surface area contributed by atoms with Gasteiger partial charge in [0.15, 0.2) is 0 Å². The summed E-state index contributed by atoms with van der Waals surface area (Å²) < 4.78 is 0. The Morgan fingerprint density at radius 2 is 0.571 bits per heavy atom. The van der Waals surface area contributed by atoms with E-state index < -0.39 is 23.9 Å². The van der Waals surface area contributed by atoms with Crippen LogP contribution in [0.3, 0.4) is 0 Å². The smallest absolute Gasteiger partial charge is 0.300 e. The minimum absolute atomic E-state index is 0. The van der Waals surface area contributed by atoms with Crippen molar-refractivity contribution in [2.45, 2.75) is 48.0 Å². The molecule has 0 aromatic carbocycles. The van der Waals surface area contributed by atoms with Crippen LogP contribution < -0.4 is 12.3 Å². The molecule has 21 heavy (non-hydrogen) atoms. The van der Waals surface area contributed by atoms with Crippen LogP contribution in [0.15, 0.2) is 0 Å². The van der Waals surface area contributed by atoms with Crippen molar-refractivity contribution in [2.24, 2.45) is 0 Å². The van der Waals surface area contributed by atoms with E-state index in [-0.39, 0.29) is 12.3 Å². The van der Waals surface area contributed by atoms with E-state index in [1.54, 1.807) is 0 Å². The van der Waals surface area contributed by atoms with Crippen LogP contribution in [0.1, 0.15) is 48.0 Å². The Morgan fingerprint density at radius 1 is 0.571 bits per heavy atom. The largest absolute Gasteiger partial charge is 0.481 e. The molecule has 10 heteroatoms. The van der Waals surface area contributed by atoms with Crippen molar-refractivity contribution >= 4 is 23.9 Å². The summed E-state index contributed by atoms with van der Waals surface area (Å²) in [6, 6.07) is 0. The van der Waals surface area contributed by atoms with Gasteiger partial charge in [0.25, 0.3) is 23.9 Å². The van der Waals surface area contributed by atoms with Gasteiger partial charge in [0, 0.05) is 27.7 Å². The molecular formula is C11H30N2O8. The van der Waals surface area contributed by atoms with Gasteiger partial charge in [-0.25, -0.2) is 0 Å². The van der Waals surface area contributed by atoms with Crippen molar-refractivity contribution in [3.05, 3.63) is 0 Å². The number of carbonyl (C=O) groups is 4. The van der Waals surface area contributed by atoms with Gasteiger partial charge in [0.1, 0.15) is 0 Å². The lowest BCUT2D eigenvalue weighted by molar-refractivity contribution is -0.135. The number of rotatable bonds is 0. The topological polar surface area (TPSA) is 219 Å². The van der Waals surface area contributed by atoms with E-state index in [1.807, 2.05) is 0 Å². The number of carboxylic acids is 4. The molecule has 10 N–H and O–H groups in total. The molecule has 0 fully saturated rings. The standard InChI is InChI=1S/C3H8.4C2H4O2.2H3N/c1-3-2;4*1-2(3)4;;/h3H2,1-2H3;4*1H3,(H,3,4);2*1H3. The van der Waals surface area contributed by atoms with Gasteiger partial charge >= 0.3 is 0 Å². The zero-order valence-electron chi connectivity index (χ0n) is 13.5. The lowest BCUT2D eigenvalue weighted by Crippen LogP contribution is -1.78.